The Labute approximate surface area is 159 Å². The van der Waals surface area contributed by atoms with Crippen molar-refractivity contribution in [3.05, 3.63) is 64.4 Å². The van der Waals surface area contributed by atoms with Crippen molar-refractivity contribution in [1.29, 1.82) is 0 Å². The van der Waals surface area contributed by atoms with E-state index in [2.05, 4.69) is 20.4 Å². The number of benzene rings is 1. The molecule has 4 rings (SSSR count). The van der Waals surface area contributed by atoms with E-state index >= 15 is 0 Å². The Kier molecular flexibility index (Phi) is 4.55. The Balaban J connectivity index is 1.55. The monoisotopic (exact) mass is 379 g/mol. The van der Waals surface area contributed by atoms with Crippen LogP contribution in [0.1, 0.15) is 21.7 Å². The lowest BCUT2D eigenvalue weighted by Crippen LogP contribution is -2.14. The summed E-state index contributed by atoms with van der Waals surface area (Å²) < 4.78 is 7.51. The van der Waals surface area contributed by atoms with Crippen molar-refractivity contribution in [2.45, 2.75) is 13.5 Å². The minimum atomic E-state index is -0.258. The van der Waals surface area contributed by atoms with Gasteiger partial charge in [0, 0.05) is 17.8 Å². The minimum Gasteiger partial charge on any atom is -0.486 e. The molecule has 0 fully saturated rings. The van der Waals surface area contributed by atoms with E-state index in [1.165, 1.54) is 11.3 Å². The SMILES string of the molecule is Cc1nn(C)c2ncc(NC(=O)c3ccccc3OCc3cscn3)cc12. The van der Waals surface area contributed by atoms with Crippen molar-refractivity contribution in [2.24, 2.45) is 7.05 Å². The molecule has 0 aliphatic rings. The maximum Gasteiger partial charge on any atom is 0.259 e. The van der Waals surface area contributed by atoms with E-state index in [0.717, 1.165) is 22.4 Å². The van der Waals surface area contributed by atoms with E-state index in [-0.39, 0.29) is 5.91 Å². The van der Waals surface area contributed by atoms with Gasteiger partial charge in [0.2, 0.25) is 0 Å². The van der Waals surface area contributed by atoms with Gasteiger partial charge in [0.1, 0.15) is 12.4 Å². The molecule has 1 N–H and O–H groups in total. The highest BCUT2D eigenvalue weighted by Crippen LogP contribution is 2.23. The molecule has 3 heterocycles. The van der Waals surface area contributed by atoms with Gasteiger partial charge in [0.15, 0.2) is 5.65 Å². The zero-order valence-electron chi connectivity index (χ0n) is 14.8. The molecule has 0 saturated carbocycles. The summed E-state index contributed by atoms with van der Waals surface area (Å²) in [6, 6.07) is 9.01. The number of ether oxygens (including phenoxy) is 1. The molecular formula is C19H17N5O2S. The lowest BCUT2D eigenvalue weighted by atomic mass is 10.2. The van der Waals surface area contributed by atoms with E-state index in [1.54, 1.807) is 34.6 Å². The number of nitrogens with zero attached hydrogens (tertiary/aromatic N) is 4. The van der Waals surface area contributed by atoms with Gasteiger partial charge in [0.05, 0.1) is 34.3 Å². The largest absolute Gasteiger partial charge is 0.486 e. The molecule has 136 valence electrons. The molecule has 8 heteroatoms. The molecule has 3 aromatic heterocycles. The molecule has 0 radical (unpaired) electrons. The van der Waals surface area contributed by atoms with Gasteiger partial charge in [-0.05, 0) is 25.1 Å². The van der Waals surface area contributed by atoms with Crippen LogP contribution in [0.15, 0.2) is 47.4 Å². The summed E-state index contributed by atoms with van der Waals surface area (Å²) in [6.07, 6.45) is 1.63. The zero-order valence-corrected chi connectivity index (χ0v) is 15.7. The van der Waals surface area contributed by atoms with E-state index in [9.17, 15) is 4.79 Å². The average Bonchev–Trinajstić information content (AvgIpc) is 3.29. The second-order valence-corrected chi connectivity index (χ2v) is 6.74. The molecular weight excluding hydrogens is 362 g/mol. The summed E-state index contributed by atoms with van der Waals surface area (Å²) in [5, 5.41) is 10.1. The summed E-state index contributed by atoms with van der Waals surface area (Å²) in [7, 11) is 1.84. The quantitative estimate of drug-likeness (QED) is 0.573. The number of fused-ring (bicyclic) bond motifs is 1. The van der Waals surface area contributed by atoms with Crippen LogP contribution in [0.5, 0.6) is 5.75 Å². The van der Waals surface area contributed by atoms with Gasteiger partial charge >= 0.3 is 0 Å². The summed E-state index contributed by atoms with van der Waals surface area (Å²) in [4.78, 5) is 21.3. The lowest BCUT2D eigenvalue weighted by molar-refractivity contribution is 0.102. The molecule has 7 nitrogen and oxygen atoms in total. The second kappa shape index (κ2) is 7.16. The predicted octanol–water partition coefficient (Wildman–Crippen LogP) is 3.56. The lowest BCUT2D eigenvalue weighted by Gasteiger charge is -2.11. The first-order valence-corrected chi connectivity index (χ1v) is 9.25. The number of para-hydroxylation sites is 1. The highest BCUT2D eigenvalue weighted by atomic mass is 32.1. The zero-order chi connectivity index (χ0) is 18.8. The molecule has 0 saturated heterocycles. The Morgan fingerprint density at radius 2 is 2.15 bits per heavy atom. The fraction of sp³-hybridized carbons (Fsp3) is 0.158. The summed E-state index contributed by atoms with van der Waals surface area (Å²) in [5.74, 6) is 0.251. The minimum absolute atomic E-state index is 0.258. The number of rotatable bonds is 5. The predicted molar refractivity (Wildman–Crippen MR) is 104 cm³/mol. The number of thiazole rings is 1. The van der Waals surface area contributed by atoms with Crippen molar-refractivity contribution in [3.63, 3.8) is 0 Å². The van der Waals surface area contributed by atoms with Crippen molar-refractivity contribution < 1.29 is 9.53 Å². The van der Waals surface area contributed by atoms with Gasteiger partial charge in [-0.2, -0.15) is 5.10 Å². The number of aromatic nitrogens is 4. The number of amides is 1. The molecule has 0 bridgehead atoms. The Morgan fingerprint density at radius 3 is 2.96 bits per heavy atom. The normalized spacial score (nSPS) is 10.9. The van der Waals surface area contributed by atoms with E-state index < -0.39 is 0 Å². The van der Waals surface area contributed by atoms with Crippen molar-refractivity contribution >= 4 is 34.0 Å². The fourth-order valence-electron chi connectivity index (χ4n) is 2.82. The van der Waals surface area contributed by atoms with Crippen LogP contribution in [0.25, 0.3) is 11.0 Å². The number of hydrogen-bond donors (Lipinski definition) is 1. The summed E-state index contributed by atoms with van der Waals surface area (Å²) in [5.41, 5.74) is 5.28. The number of pyridine rings is 1. The molecule has 0 atom stereocenters. The van der Waals surface area contributed by atoms with E-state index in [0.29, 0.717) is 23.6 Å². The Bertz CT molecular complexity index is 1100. The topological polar surface area (TPSA) is 81.9 Å². The fourth-order valence-corrected chi connectivity index (χ4v) is 3.36. The third kappa shape index (κ3) is 3.52. The third-order valence-electron chi connectivity index (χ3n) is 4.11. The molecule has 27 heavy (non-hydrogen) atoms. The van der Waals surface area contributed by atoms with Crippen LogP contribution in [0.4, 0.5) is 5.69 Å². The summed E-state index contributed by atoms with van der Waals surface area (Å²) >= 11 is 1.51. The van der Waals surface area contributed by atoms with Crippen molar-refractivity contribution in [3.8, 4) is 5.75 Å². The van der Waals surface area contributed by atoms with Crippen LogP contribution in [-0.2, 0) is 13.7 Å². The van der Waals surface area contributed by atoms with Crippen LogP contribution < -0.4 is 10.1 Å². The van der Waals surface area contributed by atoms with Gasteiger partial charge in [-0.1, -0.05) is 12.1 Å². The first-order valence-electron chi connectivity index (χ1n) is 8.31. The van der Waals surface area contributed by atoms with Gasteiger partial charge in [-0.15, -0.1) is 11.3 Å². The number of hydrogen-bond acceptors (Lipinski definition) is 6. The summed E-state index contributed by atoms with van der Waals surface area (Å²) in [6.45, 7) is 2.23. The molecule has 1 aromatic carbocycles. The molecule has 0 aliphatic carbocycles. The van der Waals surface area contributed by atoms with Gasteiger partial charge < -0.3 is 10.1 Å². The number of nitrogens with one attached hydrogen (secondary N) is 1. The highest BCUT2D eigenvalue weighted by Gasteiger charge is 2.14. The number of anilines is 1. The standard InChI is InChI=1S/C19H17N5O2S/c1-12-16-7-13(8-20-18(16)24(2)23-12)22-19(25)15-5-3-4-6-17(15)26-9-14-10-27-11-21-14/h3-8,10-11H,9H2,1-2H3,(H,22,25). The third-order valence-corrected chi connectivity index (χ3v) is 4.75. The van der Waals surface area contributed by atoms with Crippen LogP contribution in [0, 0.1) is 6.92 Å². The molecule has 4 aromatic rings. The van der Waals surface area contributed by atoms with E-state index in [1.807, 2.05) is 31.5 Å². The average molecular weight is 379 g/mol. The smallest absolute Gasteiger partial charge is 0.259 e. The van der Waals surface area contributed by atoms with Gasteiger partial charge in [0.25, 0.3) is 5.91 Å². The maximum atomic E-state index is 12.8. The number of carbonyl (C=O) groups excluding carboxylic acids is 1. The molecule has 1 amide bonds. The molecule has 0 unspecified atom stereocenters. The Morgan fingerprint density at radius 1 is 1.30 bits per heavy atom. The molecule has 0 aliphatic heterocycles. The van der Waals surface area contributed by atoms with Gasteiger partial charge in [-0.25, -0.2) is 9.97 Å². The Hall–Kier alpha value is -3.26. The van der Waals surface area contributed by atoms with Crippen LogP contribution >= 0.6 is 11.3 Å². The number of carbonyl (C=O) groups is 1. The highest BCUT2D eigenvalue weighted by molar-refractivity contribution is 7.07. The van der Waals surface area contributed by atoms with Crippen molar-refractivity contribution in [1.82, 2.24) is 19.7 Å². The first-order chi connectivity index (χ1) is 13.1. The maximum absolute atomic E-state index is 12.8. The second-order valence-electron chi connectivity index (χ2n) is 6.02. The van der Waals surface area contributed by atoms with Crippen LogP contribution in [0.3, 0.4) is 0 Å². The first kappa shape index (κ1) is 17.2. The molecule has 0 spiro atoms. The van der Waals surface area contributed by atoms with Crippen LogP contribution in [-0.4, -0.2) is 25.7 Å². The number of aryl methyl sites for hydroxylation is 2. The van der Waals surface area contributed by atoms with Crippen molar-refractivity contribution in [2.75, 3.05) is 5.32 Å². The van der Waals surface area contributed by atoms with Crippen LogP contribution in [0.2, 0.25) is 0 Å². The van der Waals surface area contributed by atoms with E-state index in [4.69, 9.17) is 4.74 Å². The van der Waals surface area contributed by atoms with Gasteiger partial charge in [-0.3, -0.25) is 9.48 Å².